The fourth-order valence-electron chi connectivity index (χ4n) is 2.31. The molecule has 1 heterocycles. The van der Waals surface area contributed by atoms with Crippen LogP contribution in [-0.2, 0) is 6.54 Å². The van der Waals surface area contributed by atoms with Crippen LogP contribution in [0.1, 0.15) is 35.9 Å². The lowest BCUT2D eigenvalue weighted by Crippen LogP contribution is -2.28. The largest absolute Gasteiger partial charge is 0.497 e. The summed E-state index contributed by atoms with van der Waals surface area (Å²) in [4.78, 5) is 12.5. The van der Waals surface area contributed by atoms with Gasteiger partial charge in [-0.25, -0.2) is 0 Å². The van der Waals surface area contributed by atoms with Crippen LogP contribution in [0.3, 0.4) is 0 Å². The number of benzene rings is 1. The highest BCUT2D eigenvalue weighted by Crippen LogP contribution is 2.25. The van der Waals surface area contributed by atoms with E-state index in [1.807, 2.05) is 24.6 Å². The molecule has 0 spiro atoms. The van der Waals surface area contributed by atoms with E-state index in [1.54, 1.807) is 31.5 Å². The summed E-state index contributed by atoms with van der Waals surface area (Å²) >= 11 is 0. The predicted octanol–water partition coefficient (Wildman–Crippen LogP) is 2.41. The molecule has 0 aliphatic carbocycles. The van der Waals surface area contributed by atoms with Crippen molar-refractivity contribution < 1.29 is 14.3 Å². The Morgan fingerprint density at radius 3 is 2.73 bits per heavy atom. The maximum Gasteiger partial charge on any atom is 0.255 e. The summed E-state index contributed by atoms with van der Waals surface area (Å²) in [5, 5.41) is 7.18. The van der Waals surface area contributed by atoms with Gasteiger partial charge in [-0.15, -0.1) is 0 Å². The molecule has 6 nitrogen and oxygen atoms in total. The highest BCUT2D eigenvalue weighted by molar-refractivity contribution is 5.97. The van der Waals surface area contributed by atoms with Crippen molar-refractivity contribution in [3.63, 3.8) is 0 Å². The third kappa shape index (κ3) is 3.21. The zero-order valence-corrected chi connectivity index (χ0v) is 13.3. The average molecular weight is 303 g/mol. The lowest BCUT2D eigenvalue weighted by atomic mass is 10.1. The lowest BCUT2D eigenvalue weighted by molar-refractivity contribution is 0.0935. The summed E-state index contributed by atoms with van der Waals surface area (Å²) in [7, 11) is 3.10. The molecule has 0 bridgehead atoms. The molecule has 0 saturated heterocycles. The van der Waals surface area contributed by atoms with Crippen LogP contribution in [0.15, 0.2) is 30.5 Å². The van der Waals surface area contributed by atoms with Gasteiger partial charge >= 0.3 is 0 Å². The van der Waals surface area contributed by atoms with Crippen molar-refractivity contribution in [2.75, 3.05) is 14.2 Å². The summed E-state index contributed by atoms with van der Waals surface area (Å²) in [5.74, 6) is 0.925. The smallest absolute Gasteiger partial charge is 0.255 e. The molecule has 6 heteroatoms. The van der Waals surface area contributed by atoms with Gasteiger partial charge in [0.25, 0.3) is 5.91 Å². The van der Waals surface area contributed by atoms with Crippen molar-refractivity contribution in [1.29, 1.82) is 0 Å². The molecular weight excluding hydrogens is 282 g/mol. The van der Waals surface area contributed by atoms with Crippen molar-refractivity contribution in [3.8, 4) is 11.5 Å². The fraction of sp³-hybridized carbons (Fsp3) is 0.375. The Morgan fingerprint density at radius 1 is 1.32 bits per heavy atom. The van der Waals surface area contributed by atoms with Gasteiger partial charge in [0.05, 0.1) is 31.5 Å². The third-order valence-electron chi connectivity index (χ3n) is 3.49. The minimum Gasteiger partial charge on any atom is -0.497 e. The summed E-state index contributed by atoms with van der Waals surface area (Å²) in [5.41, 5.74) is 1.43. The van der Waals surface area contributed by atoms with Crippen molar-refractivity contribution in [2.24, 2.45) is 0 Å². The quantitative estimate of drug-likeness (QED) is 0.890. The number of nitrogens with one attached hydrogen (secondary N) is 1. The maximum atomic E-state index is 12.5. The highest BCUT2D eigenvalue weighted by Gasteiger charge is 2.18. The van der Waals surface area contributed by atoms with Gasteiger partial charge < -0.3 is 14.8 Å². The van der Waals surface area contributed by atoms with Crippen LogP contribution in [0.5, 0.6) is 11.5 Å². The van der Waals surface area contributed by atoms with E-state index in [4.69, 9.17) is 9.47 Å². The van der Waals surface area contributed by atoms with Crippen molar-refractivity contribution in [1.82, 2.24) is 15.1 Å². The molecule has 22 heavy (non-hydrogen) atoms. The first-order chi connectivity index (χ1) is 10.6. The molecule has 0 aliphatic heterocycles. The summed E-state index contributed by atoms with van der Waals surface area (Å²) in [6.45, 7) is 4.70. The normalized spacial score (nSPS) is 11.8. The number of aryl methyl sites for hydroxylation is 1. The number of amides is 1. The van der Waals surface area contributed by atoms with E-state index in [2.05, 4.69) is 10.4 Å². The molecule has 0 saturated carbocycles. The molecule has 1 aromatic carbocycles. The van der Waals surface area contributed by atoms with Crippen LogP contribution in [0.4, 0.5) is 0 Å². The van der Waals surface area contributed by atoms with E-state index in [-0.39, 0.29) is 11.9 Å². The number of carbonyl (C=O) groups excluding carboxylic acids is 1. The highest BCUT2D eigenvalue weighted by atomic mass is 16.5. The SMILES string of the molecule is CCn1nccc1C(C)NC(=O)c1ccc(OC)cc1OC. The van der Waals surface area contributed by atoms with E-state index in [9.17, 15) is 4.79 Å². The molecular formula is C16H21N3O3. The Kier molecular flexibility index (Phi) is 5.04. The Hall–Kier alpha value is -2.50. The molecule has 2 rings (SSSR count). The van der Waals surface area contributed by atoms with Gasteiger partial charge in [0, 0.05) is 18.8 Å². The predicted molar refractivity (Wildman–Crippen MR) is 83.3 cm³/mol. The number of nitrogens with zero attached hydrogens (tertiary/aromatic N) is 2. The van der Waals surface area contributed by atoms with Crippen LogP contribution in [0.25, 0.3) is 0 Å². The van der Waals surface area contributed by atoms with E-state index in [0.717, 1.165) is 12.2 Å². The molecule has 0 fully saturated rings. The standard InChI is InChI=1S/C16H21N3O3/c1-5-19-14(8-9-17-19)11(2)18-16(20)13-7-6-12(21-3)10-15(13)22-4/h6-11H,5H2,1-4H3,(H,18,20). The molecule has 0 aliphatic rings. The summed E-state index contributed by atoms with van der Waals surface area (Å²) in [6.07, 6.45) is 1.73. The number of carbonyl (C=O) groups is 1. The molecule has 1 aromatic heterocycles. The molecule has 0 radical (unpaired) electrons. The fourth-order valence-corrected chi connectivity index (χ4v) is 2.31. The number of aromatic nitrogens is 2. The monoisotopic (exact) mass is 303 g/mol. The Morgan fingerprint density at radius 2 is 2.09 bits per heavy atom. The number of ether oxygens (including phenoxy) is 2. The van der Waals surface area contributed by atoms with Gasteiger partial charge in [0.15, 0.2) is 0 Å². The number of hydrogen-bond acceptors (Lipinski definition) is 4. The van der Waals surface area contributed by atoms with Crippen LogP contribution in [0.2, 0.25) is 0 Å². The van der Waals surface area contributed by atoms with Crippen LogP contribution in [0, 0.1) is 0 Å². The van der Waals surface area contributed by atoms with E-state index >= 15 is 0 Å². The van der Waals surface area contributed by atoms with E-state index in [1.165, 1.54) is 7.11 Å². The Balaban J connectivity index is 2.18. The average Bonchev–Trinajstić information content (AvgIpc) is 3.02. The van der Waals surface area contributed by atoms with Gasteiger partial charge in [0.1, 0.15) is 11.5 Å². The maximum absolute atomic E-state index is 12.5. The first kappa shape index (κ1) is 15.9. The van der Waals surface area contributed by atoms with E-state index in [0.29, 0.717) is 17.1 Å². The molecule has 1 atom stereocenters. The Bertz CT molecular complexity index is 652. The van der Waals surface area contributed by atoms with Gasteiger partial charge in [-0.05, 0) is 32.0 Å². The first-order valence-electron chi connectivity index (χ1n) is 7.15. The van der Waals surface area contributed by atoms with Crippen LogP contribution >= 0.6 is 0 Å². The van der Waals surface area contributed by atoms with Gasteiger partial charge in [0.2, 0.25) is 0 Å². The molecule has 1 N–H and O–H groups in total. The molecule has 118 valence electrons. The molecule has 1 unspecified atom stereocenters. The molecule has 2 aromatic rings. The van der Waals surface area contributed by atoms with Crippen LogP contribution in [-0.4, -0.2) is 29.9 Å². The minimum atomic E-state index is -0.198. The zero-order valence-electron chi connectivity index (χ0n) is 13.3. The first-order valence-corrected chi connectivity index (χ1v) is 7.15. The van der Waals surface area contributed by atoms with Crippen molar-refractivity contribution >= 4 is 5.91 Å². The van der Waals surface area contributed by atoms with E-state index < -0.39 is 0 Å². The van der Waals surface area contributed by atoms with Crippen molar-refractivity contribution in [3.05, 3.63) is 41.7 Å². The van der Waals surface area contributed by atoms with Crippen LogP contribution < -0.4 is 14.8 Å². The Labute approximate surface area is 130 Å². The summed E-state index contributed by atoms with van der Waals surface area (Å²) < 4.78 is 12.3. The third-order valence-corrected chi connectivity index (χ3v) is 3.49. The number of rotatable bonds is 6. The van der Waals surface area contributed by atoms with Gasteiger partial charge in [-0.1, -0.05) is 0 Å². The topological polar surface area (TPSA) is 65.4 Å². The van der Waals surface area contributed by atoms with Gasteiger partial charge in [-0.2, -0.15) is 5.10 Å². The van der Waals surface area contributed by atoms with Crippen molar-refractivity contribution in [2.45, 2.75) is 26.4 Å². The number of hydrogen-bond donors (Lipinski definition) is 1. The second-order valence-corrected chi connectivity index (χ2v) is 4.83. The minimum absolute atomic E-state index is 0.151. The number of methoxy groups -OCH3 is 2. The second kappa shape index (κ2) is 6.98. The van der Waals surface area contributed by atoms with Gasteiger partial charge in [-0.3, -0.25) is 9.48 Å². The molecule has 1 amide bonds. The lowest BCUT2D eigenvalue weighted by Gasteiger charge is -2.16. The second-order valence-electron chi connectivity index (χ2n) is 4.83. The zero-order chi connectivity index (χ0) is 16.1. The summed E-state index contributed by atoms with van der Waals surface area (Å²) in [6, 6.07) is 6.87.